The lowest BCUT2D eigenvalue weighted by Gasteiger charge is -2.00. The number of aryl methyl sites for hydroxylation is 2. The molecule has 0 N–H and O–H groups in total. The molecule has 0 aromatic carbocycles. The number of hydrogen-bond donors (Lipinski definition) is 0. The monoisotopic (exact) mass is 301 g/mol. The second-order valence-corrected chi connectivity index (χ2v) is 6.37. The first kappa shape index (κ1) is 19.1. The lowest BCUT2D eigenvalue weighted by atomic mass is 10.1. The summed E-state index contributed by atoms with van der Waals surface area (Å²) in [5, 5.41) is 0. The topological polar surface area (TPSA) is 61.1 Å². The Morgan fingerprint density at radius 3 is 2.30 bits per heavy atom. The van der Waals surface area contributed by atoms with E-state index in [1.165, 1.54) is 44.1 Å². The third kappa shape index (κ3) is 13.5. The summed E-state index contributed by atoms with van der Waals surface area (Å²) in [5.41, 5.74) is 1.49. The maximum absolute atomic E-state index is 9.08. The molecule has 0 atom stereocenters. The smallest absolute Gasteiger partial charge is 0.171 e. The van der Waals surface area contributed by atoms with Crippen molar-refractivity contribution < 1.29 is 17.5 Å². The molecule has 5 heteroatoms. The van der Waals surface area contributed by atoms with Gasteiger partial charge in [0.2, 0.25) is 0 Å². The summed E-state index contributed by atoms with van der Waals surface area (Å²) in [5.74, 6) is 0. The van der Waals surface area contributed by atoms with Gasteiger partial charge < -0.3 is 4.55 Å². The van der Waals surface area contributed by atoms with Gasteiger partial charge in [0.1, 0.15) is 6.54 Å². The van der Waals surface area contributed by atoms with Crippen LogP contribution in [0.25, 0.3) is 0 Å². The van der Waals surface area contributed by atoms with Gasteiger partial charge in [0.25, 0.3) is 0 Å². The zero-order valence-electron chi connectivity index (χ0n) is 12.8. The Morgan fingerprint density at radius 2 is 1.75 bits per heavy atom. The van der Waals surface area contributed by atoms with E-state index < -0.39 is 10.1 Å². The first-order valence-electron chi connectivity index (χ1n) is 7.25. The van der Waals surface area contributed by atoms with Gasteiger partial charge in [-0.05, 0) is 18.9 Å². The van der Waals surface area contributed by atoms with Gasteiger partial charge in [0.15, 0.2) is 12.4 Å². The first-order valence-corrected chi connectivity index (χ1v) is 9.07. The SMILES string of the molecule is CCCCCc1ccc[n+](CCCC)c1.CS(=O)(=O)[O-]. The molecule has 4 nitrogen and oxygen atoms in total. The lowest BCUT2D eigenvalue weighted by molar-refractivity contribution is -0.697. The van der Waals surface area contributed by atoms with E-state index in [-0.39, 0.29) is 0 Å². The quantitative estimate of drug-likeness (QED) is 0.442. The zero-order valence-corrected chi connectivity index (χ0v) is 13.7. The normalized spacial score (nSPS) is 10.8. The Morgan fingerprint density at radius 1 is 1.15 bits per heavy atom. The fourth-order valence-corrected chi connectivity index (χ4v) is 1.78. The molecule has 1 rings (SSSR count). The van der Waals surface area contributed by atoms with Crippen molar-refractivity contribution in [2.24, 2.45) is 0 Å². The van der Waals surface area contributed by atoms with E-state index in [4.69, 9.17) is 13.0 Å². The molecule has 0 radical (unpaired) electrons. The third-order valence-corrected chi connectivity index (χ3v) is 2.76. The highest BCUT2D eigenvalue weighted by molar-refractivity contribution is 7.84. The average Bonchev–Trinajstić information content (AvgIpc) is 2.35. The average molecular weight is 301 g/mol. The van der Waals surface area contributed by atoms with Crippen LogP contribution in [0.2, 0.25) is 0 Å². The molecule has 0 amide bonds. The van der Waals surface area contributed by atoms with E-state index in [0.717, 1.165) is 6.54 Å². The zero-order chi connectivity index (χ0) is 15.4. The van der Waals surface area contributed by atoms with Crippen molar-refractivity contribution in [3.63, 3.8) is 0 Å². The minimum atomic E-state index is -3.92. The summed E-state index contributed by atoms with van der Waals surface area (Å²) in [6, 6.07) is 4.43. The Balaban J connectivity index is 0.000000621. The molecule has 0 aliphatic carbocycles. The Kier molecular flexibility index (Phi) is 10.3. The van der Waals surface area contributed by atoms with E-state index >= 15 is 0 Å². The van der Waals surface area contributed by atoms with E-state index in [2.05, 4.69) is 42.9 Å². The fraction of sp³-hybridized carbons (Fsp3) is 0.667. The Bertz CT molecular complexity index is 450. The summed E-state index contributed by atoms with van der Waals surface area (Å²) in [6.45, 7) is 5.66. The maximum Gasteiger partial charge on any atom is 0.171 e. The summed E-state index contributed by atoms with van der Waals surface area (Å²) in [4.78, 5) is 0. The molecule has 0 saturated heterocycles. The minimum absolute atomic E-state index is 0.604. The van der Waals surface area contributed by atoms with Gasteiger partial charge in [-0.1, -0.05) is 33.1 Å². The van der Waals surface area contributed by atoms with Crippen molar-refractivity contribution >= 4 is 10.1 Å². The van der Waals surface area contributed by atoms with Crippen LogP contribution in [0.3, 0.4) is 0 Å². The summed E-state index contributed by atoms with van der Waals surface area (Å²) < 4.78 is 29.6. The molecular formula is C15H27NO3S. The number of pyridine rings is 1. The van der Waals surface area contributed by atoms with Crippen LogP contribution in [0.5, 0.6) is 0 Å². The standard InChI is InChI=1S/C14H24N.CH4O3S/c1-3-5-7-9-14-10-8-12-15(13-14)11-6-4-2;1-5(2,3)4/h8,10,12-13H,3-7,9,11H2,1-2H3;1H3,(H,2,3,4)/q+1;/p-1. The molecule has 0 fully saturated rings. The second kappa shape index (κ2) is 10.8. The number of unbranched alkanes of at least 4 members (excludes halogenated alkanes) is 3. The number of hydrogen-bond acceptors (Lipinski definition) is 3. The first-order chi connectivity index (χ1) is 9.36. The molecule has 116 valence electrons. The van der Waals surface area contributed by atoms with Crippen LogP contribution in [0.1, 0.15) is 51.5 Å². The van der Waals surface area contributed by atoms with Gasteiger partial charge in [-0.2, -0.15) is 0 Å². The summed E-state index contributed by atoms with van der Waals surface area (Å²) in [6.07, 6.45) is 12.9. The predicted molar refractivity (Wildman–Crippen MR) is 80.4 cm³/mol. The van der Waals surface area contributed by atoms with Crippen LogP contribution >= 0.6 is 0 Å². The molecule has 1 aromatic heterocycles. The summed E-state index contributed by atoms with van der Waals surface area (Å²) >= 11 is 0. The molecule has 0 spiro atoms. The highest BCUT2D eigenvalue weighted by Crippen LogP contribution is 2.04. The van der Waals surface area contributed by atoms with Gasteiger partial charge in [-0.3, -0.25) is 0 Å². The van der Waals surface area contributed by atoms with Crippen molar-refractivity contribution in [1.82, 2.24) is 0 Å². The van der Waals surface area contributed by atoms with Crippen LogP contribution < -0.4 is 4.57 Å². The summed E-state index contributed by atoms with van der Waals surface area (Å²) in [7, 11) is -3.92. The third-order valence-electron chi connectivity index (χ3n) is 2.76. The van der Waals surface area contributed by atoms with Gasteiger partial charge in [0.05, 0.1) is 10.1 Å². The van der Waals surface area contributed by atoms with Crippen molar-refractivity contribution in [2.45, 2.75) is 58.9 Å². The van der Waals surface area contributed by atoms with Crippen LogP contribution in [0, 0.1) is 0 Å². The highest BCUT2D eigenvalue weighted by atomic mass is 32.2. The second-order valence-electron chi connectivity index (χ2n) is 4.96. The lowest BCUT2D eigenvalue weighted by Crippen LogP contribution is -2.33. The Labute approximate surface area is 123 Å². The number of aromatic nitrogens is 1. The van der Waals surface area contributed by atoms with Crippen molar-refractivity contribution in [2.75, 3.05) is 6.26 Å². The van der Waals surface area contributed by atoms with Crippen molar-refractivity contribution in [3.8, 4) is 0 Å². The largest absolute Gasteiger partial charge is 0.748 e. The van der Waals surface area contributed by atoms with E-state index in [1.54, 1.807) is 0 Å². The Hall–Kier alpha value is -0.940. The van der Waals surface area contributed by atoms with E-state index in [9.17, 15) is 0 Å². The van der Waals surface area contributed by atoms with E-state index in [0.29, 0.717) is 6.26 Å². The van der Waals surface area contributed by atoms with Crippen LogP contribution in [0.4, 0.5) is 0 Å². The van der Waals surface area contributed by atoms with Gasteiger partial charge >= 0.3 is 0 Å². The maximum atomic E-state index is 9.08. The molecular weight excluding hydrogens is 274 g/mol. The molecule has 0 unspecified atom stereocenters. The number of rotatable bonds is 7. The van der Waals surface area contributed by atoms with Crippen LogP contribution in [0.15, 0.2) is 24.5 Å². The number of nitrogens with zero attached hydrogens (tertiary/aromatic N) is 1. The fourth-order valence-electron chi connectivity index (χ4n) is 1.78. The van der Waals surface area contributed by atoms with Gasteiger partial charge in [-0.25, -0.2) is 13.0 Å². The minimum Gasteiger partial charge on any atom is -0.748 e. The van der Waals surface area contributed by atoms with Gasteiger partial charge in [-0.15, -0.1) is 0 Å². The molecule has 0 saturated carbocycles. The molecule has 1 aromatic rings. The molecule has 0 aliphatic rings. The molecule has 0 bridgehead atoms. The molecule has 20 heavy (non-hydrogen) atoms. The van der Waals surface area contributed by atoms with Crippen LogP contribution in [-0.2, 0) is 23.1 Å². The van der Waals surface area contributed by atoms with E-state index in [1.807, 2.05) is 0 Å². The molecule has 0 aliphatic heterocycles. The molecule has 1 heterocycles. The van der Waals surface area contributed by atoms with Crippen LogP contribution in [-0.4, -0.2) is 19.2 Å². The predicted octanol–water partition coefficient (Wildman–Crippen LogP) is 2.67. The van der Waals surface area contributed by atoms with Crippen molar-refractivity contribution in [3.05, 3.63) is 30.1 Å². The highest BCUT2D eigenvalue weighted by Gasteiger charge is 2.01. The van der Waals surface area contributed by atoms with Crippen molar-refractivity contribution in [1.29, 1.82) is 0 Å². The van der Waals surface area contributed by atoms with Gasteiger partial charge in [0, 0.05) is 24.3 Å².